The van der Waals surface area contributed by atoms with E-state index in [1.807, 2.05) is 25.1 Å². The highest BCUT2D eigenvalue weighted by atomic mass is 16.5. The zero-order valence-electron chi connectivity index (χ0n) is 17.4. The second-order valence-corrected chi connectivity index (χ2v) is 6.28. The molecule has 29 heavy (non-hydrogen) atoms. The van der Waals surface area contributed by atoms with E-state index in [2.05, 4.69) is 31.2 Å². The third-order valence-corrected chi connectivity index (χ3v) is 3.93. The molecule has 0 saturated carbocycles. The molecule has 0 unspecified atom stereocenters. The fourth-order valence-electron chi connectivity index (χ4n) is 2.74. The van der Waals surface area contributed by atoms with Crippen molar-refractivity contribution >= 4 is 11.4 Å². The Morgan fingerprint density at radius 1 is 1.03 bits per heavy atom. The molecule has 0 heterocycles. The summed E-state index contributed by atoms with van der Waals surface area (Å²) < 4.78 is 10.7. The van der Waals surface area contributed by atoms with Gasteiger partial charge < -0.3 is 9.47 Å². The van der Waals surface area contributed by atoms with Crippen molar-refractivity contribution in [1.82, 2.24) is 0 Å². The van der Waals surface area contributed by atoms with Crippen molar-refractivity contribution in [2.75, 3.05) is 13.2 Å². The highest BCUT2D eigenvalue weighted by molar-refractivity contribution is 5.95. The van der Waals surface area contributed by atoms with Gasteiger partial charge in [-0.3, -0.25) is 4.79 Å². The molecule has 0 saturated heterocycles. The summed E-state index contributed by atoms with van der Waals surface area (Å²) in [6.45, 7) is 7.11. The van der Waals surface area contributed by atoms with E-state index in [4.69, 9.17) is 20.0 Å². The summed E-state index contributed by atoms with van der Waals surface area (Å²) in [6.07, 6.45) is 2.65. The molecule has 0 N–H and O–H groups in total. The van der Waals surface area contributed by atoms with Gasteiger partial charge in [0.05, 0.1) is 0 Å². The summed E-state index contributed by atoms with van der Waals surface area (Å²) in [7, 11) is 0. The molecule has 2 aromatic carbocycles. The smallest absolute Gasteiger partial charge is 0.174 e. The minimum atomic E-state index is -0.110. The van der Waals surface area contributed by atoms with Gasteiger partial charge in [0.1, 0.15) is 23.6 Å². The number of hydrogen-bond acceptors (Lipinski definition) is 5. The van der Waals surface area contributed by atoms with Gasteiger partial charge in [0, 0.05) is 11.6 Å². The molecule has 5 nitrogen and oxygen atoms in total. The van der Waals surface area contributed by atoms with Gasteiger partial charge in [-0.1, -0.05) is 37.3 Å². The first kappa shape index (κ1) is 23.5. The number of ketones is 1. The Morgan fingerprint density at radius 2 is 1.66 bits per heavy atom. The first-order valence-corrected chi connectivity index (χ1v) is 9.30. The van der Waals surface area contributed by atoms with Crippen LogP contribution >= 0.6 is 0 Å². The van der Waals surface area contributed by atoms with E-state index >= 15 is 0 Å². The van der Waals surface area contributed by atoms with Crippen LogP contribution in [0.2, 0.25) is 0 Å². The van der Waals surface area contributed by atoms with Gasteiger partial charge >= 0.3 is 0 Å². The number of allylic oxidation sites excluding steroid dienone is 2. The first-order valence-electron chi connectivity index (χ1n) is 9.30. The van der Waals surface area contributed by atoms with Crippen molar-refractivity contribution < 1.29 is 14.3 Å². The van der Waals surface area contributed by atoms with E-state index in [1.165, 1.54) is 18.6 Å². The predicted octanol–water partition coefficient (Wildman–Crippen LogP) is 5.04. The third-order valence-electron chi connectivity index (χ3n) is 3.93. The Bertz CT molecular complexity index is 920. The van der Waals surface area contributed by atoms with Crippen LogP contribution in [0.3, 0.4) is 0 Å². The zero-order chi connectivity index (χ0) is 21.6. The molecule has 0 aliphatic carbocycles. The van der Waals surface area contributed by atoms with Crippen molar-refractivity contribution in [2.24, 2.45) is 0 Å². The molecule has 0 spiro atoms. The number of rotatable bonds is 7. The Balaban J connectivity index is 0.000000436. The Hall–Kier alpha value is -3.57. The normalized spacial score (nSPS) is 10.1. The van der Waals surface area contributed by atoms with Gasteiger partial charge in [-0.2, -0.15) is 10.5 Å². The minimum absolute atomic E-state index is 0.0667. The first-order chi connectivity index (χ1) is 13.9. The van der Waals surface area contributed by atoms with Crippen LogP contribution in [0.5, 0.6) is 11.5 Å². The molecule has 0 amide bonds. The maximum Gasteiger partial charge on any atom is 0.174 e. The van der Waals surface area contributed by atoms with Crippen LogP contribution in [0.4, 0.5) is 0 Å². The van der Waals surface area contributed by atoms with E-state index in [1.54, 1.807) is 19.1 Å². The van der Waals surface area contributed by atoms with E-state index in [0.717, 1.165) is 23.1 Å². The summed E-state index contributed by atoms with van der Waals surface area (Å²) in [4.78, 5) is 11.2. The number of hydrogen-bond donors (Lipinski definition) is 0. The molecule has 0 aromatic heterocycles. The van der Waals surface area contributed by atoms with E-state index < -0.39 is 0 Å². The quantitative estimate of drug-likeness (QED) is 0.618. The second kappa shape index (κ2) is 12.8. The topological polar surface area (TPSA) is 83.1 Å². The lowest BCUT2D eigenvalue weighted by Gasteiger charge is -2.15. The lowest BCUT2D eigenvalue weighted by Crippen LogP contribution is -2.02. The number of carbonyl (C=O) groups excluding carboxylic acids is 1. The van der Waals surface area contributed by atoms with Crippen LogP contribution in [-0.4, -0.2) is 19.0 Å². The number of benzene rings is 2. The summed E-state index contributed by atoms with van der Waals surface area (Å²) in [5.74, 6) is 0.879. The summed E-state index contributed by atoms with van der Waals surface area (Å²) >= 11 is 0. The fraction of sp³-hybridized carbons (Fsp3) is 0.292. The highest BCUT2D eigenvalue weighted by Crippen LogP contribution is 2.33. The molecule has 0 fully saturated rings. The largest absolute Gasteiger partial charge is 0.479 e. The van der Waals surface area contributed by atoms with Gasteiger partial charge in [-0.05, 0) is 56.0 Å². The molecule has 2 aromatic rings. The predicted molar refractivity (Wildman–Crippen MR) is 114 cm³/mol. The summed E-state index contributed by atoms with van der Waals surface area (Å²) in [5, 5.41) is 17.2. The molecular weight excluding hydrogens is 364 g/mol. The van der Waals surface area contributed by atoms with E-state index in [0.29, 0.717) is 11.5 Å². The van der Waals surface area contributed by atoms with Crippen molar-refractivity contribution in [2.45, 2.75) is 34.1 Å². The lowest BCUT2D eigenvalue weighted by molar-refractivity contribution is -0.112. The number of nitrogens with zero attached hydrogens (tertiary/aromatic N) is 2. The van der Waals surface area contributed by atoms with Crippen LogP contribution in [-0.2, 0) is 11.2 Å². The molecule has 0 aliphatic rings. The van der Waals surface area contributed by atoms with Crippen LogP contribution < -0.4 is 9.47 Å². The van der Waals surface area contributed by atoms with Crippen LogP contribution in [0.25, 0.3) is 5.57 Å². The molecule has 0 aliphatic heterocycles. The minimum Gasteiger partial charge on any atom is -0.479 e. The van der Waals surface area contributed by atoms with Gasteiger partial charge in [0.2, 0.25) is 0 Å². The number of aryl methyl sites for hydroxylation is 2. The Labute approximate surface area is 172 Å². The van der Waals surface area contributed by atoms with Crippen molar-refractivity contribution in [3.8, 4) is 23.6 Å². The molecule has 150 valence electrons. The van der Waals surface area contributed by atoms with E-state index in [9.17, 15) is 4.79 Å². The lowest BCUT2D eigenvalue weighted by atomic mass is 9.99. The monoisotopic (exact) mass is 390 g/mol. The maximum atomic E-state index is 11.2. The molecule has 5 heteroatoms. The van der Waals surface area contributed by atoms with Gasteiger partial charge in [0.25, 0.3) is 0 Å². The van der Waals surface area contributed by atoms with Crippen molar-refractivity contribution in [3.63, 3.8) is 0 Å². The fourth-order valence-corrected chi connectivity index (χ4v) is 2.74. The van der Waals surface area contributed by atoms with E-state index in [-0.39, 0.29) is 19.0 Å². The van der Waals surface area contributed by atoms with Gasteiger partial charge in [0.15, 0.2) is 19.0 Å². The van der Waals surface area contributed by atoms with Crippen LogP contribution in [0.15, 0.2) is 48.5 Å². The molecule has 0 atom stereocenters. The summed E-state index contributed by atoms with van der Waals surface area (Å²) in [6, 6.07) is 17.6. The number of carbonyl (C=O) groups is 1. The maximum absolute atomic E-state index is 11.2. The Morgan fingerprint density at radius 3 is 2.17 bits per heavy atom. The van der Waals surface area contributed by atoms with Crippen LogP contribution in [0.1, 0.15) is 37.5 Å². The molecule has 0 bridgehead atoms. The average molecular weight is 390 g/mol. The van der Waals surface area contributed by atoms with Crippen molar-refractivity contribution in [3.05, 3.63) is 65.2 Å². The molecular formula is C24H26N2O3. The second-order valence-electron chi connectivity index (χ2n) is 6.28. The van der Waals surface area contributed by atoms with Crippen LogP contribution in [0, 0.1) is 29.6 Å². The standard InChI is InChI=1S/C16H16N2O3.C8H10/c1-11(8-13(3)19)16-12(2)9-14(20-6-4-17)10-15(16)21-7-5-18;1-2-8-6-4-3-5-7-8/h8-10H,6-7H2,1-3H3;3-7H,2H2,1H3/b11-8-;. The zero-order valence-corrected chi connectivity index (χ0v) is 17.4. The Kier molecular flexibility index (Phi) is 10.3. The third kappa shape index (κ3) is 8.32. The average Bonchev–Trinajstić information content (AvgIpc) is 2.70. The number of ether oxygens (including phenoxy) is 2. The highest BCUT2D eigenvalue weighted by Gasteiger charge is 2.13. The summed E-state index contributed by atoms with van der Waals surface area (Å²) in [5.41, 5.74) is 3.76. The molecule has 0 radical (unpaired) electrons. The van der Waals surface area contributed by atoms with Gasteiger partial charge in [-0.15, -0.1) is 0 Å². The van der Waals surface area contributed by atoms with Crippen molar-refractivity contribution in [1.29, 1.82) is 10.5 Å². The van der Waals surface area contributed by atoms with Gasteiger partial charge in [-0.25, -0.2) is 0 Å². The molecule has 2 rings (SSSR count). The SMILES string of the molecule is CC(=O)/C=C(/C)c1c(C)cc(OCC#N)cc1OCC#N.CCc1ccccc1. The number of nitriles is 2.